The maximum absolute atomic E-state index is 6.06. The lowest BCUT2D eigenvalue weighted by Crippen LogP contribution is -2.09. The first kappa shape index (κ1) is 9.90. The fourth-order valence-corrected chi connectivity index (χ4v) is 1.95. The van der Waals surface area contributed by atoms with Crippen molar-refractivity contribution >= 4 is 11.0 Å². The molecule has 2 N–H and O–H groups in total. The summed E-state index contributed by atoms with van der Waals surface area (Å²) < 4.78 is 1.64. The van der Waals surface area contributed by atoms with Gasteiger partial charge in [0.15, 0.2) is 5.82 Å². The van der Waals surface area contributed by atoms with Gasteiger partial charge >= 0.3 is 0 Å². The van der Waals surface area contributed by atoms with E-state index in [0.29, 0.717) is 0 Å². The number of hydrogen-bond acceptors (Lipinski definition) is 2. The molecule has 0 bridgehead atoms. The molecule has 84 valence electrons. The van der Waals surface area contributed by atoms with Crippen LogP contribution in [0.25, 0.3) is 22.4 Å². The van der Waals surface area contributed by atoms with E-state index in [4.69, 9.17) is 5.84 Å². The summed E-state index contributed by atoms with van der Waals surface area (Å²) in [6, 6.07) is 16.1. The Bertz CT molecular complexity index is 666. The van der Waals surface area contributed by atoms with Crippen molar-refractivity contribution in [3.8, 4) is 11.4 Å². The maximum Gasteiger partial charge on any atom is 0.159 e. The molecule has 2 aromatic carbocycles. The van der Waals surface area contributed by atoms with Crippen LogP contribution in [0.5, 0.6) is 0 Å². The summed E-state index contributed by atoms with van der Waals surface area (Å²) in [7, 11) is 0. The third kappa shape index (κ3) is 1.56. The number of aromatic nitrogens is 2. The van der Waals surface area contributed by atoms with Gasteiger partial charge in [-0.2, -0.15) is 0 Å². The van der Waals surface area contributed by atoms with Crippen molar-refractivity contribution in [1.29, 1.82) is 0 Å². The Morgan fingerprint density at radius 3 is 2.41 bits per heavy atom. The molecule has 0 aliphatic rings. The molecule has 0 aliphatic heterocycles. The van der Waals surface area contributed by atoms with Crippen LogP contribution in [0.2, 0.25) is 0 Å². The first-order valence-corrected chi connectivity index (χ1v) is 5.55. The lowest BCUT2D eigenvalue weighted by Gasteiger charge is -2.02. The number of hydrogen-bond donors (Lipinski definition) is 1. The molecular formula is C14H13N3. The third-order valence-electron chi connectivity index (χ3n) is 2.91. The van der Waals surface area contributed by atoms with Gasteiger partial charge in [0.2, 0.25) is 0 Å². The number of rotatable bonds is 1. The van der Waals surface area contributed by atoms with E-state index in [1.807, 2.05) is 36.4 Å². The minimum atomic E-state index is 0.797. The Kier molecular flexibility index (Phi) is 2.11. The molecule has 3 aromatic rings. The van der Waals surface area contributed by atoms with Gasteiger partial charge in [0.05, 0.1) is 11.0 Å². The molecule has 3 nitrogen and oxygen atoms in total. The molecule has 0 amide bonds. The topological polar surface area (TPSA) is 43.8 Å². The third-order valence-corrected chi connectivity index (χ3v) is 2.91. The van der Waals surface area contributed by atoms with Gasteiger partial charge in [-0.3, -0.25) is 0 Å². The van der Waals surface area contributed by atoms with E-state index < -0.39 is 0 Å². The number of nitrogens with two attached hydrogens (primary N) is 1. The van der Waals surface area contributed by atoms with Gasteiger partial charge in [0, 0.05) is 5.56 Å². The number of imidazole rings is 1. The van der Waals surface area contributed by atoms with E-state index in [1.54, 1.807) is 4.68 Å². The van der Waals surface area contributed by atoms with Gasteiger partial charge in [0.1, 0.15) is 0 Å². The van der Waals surface area contributed by atoms with Crippen molar-refractivity contribution in [2.24, 2.45) is 0 Å². The van der Waals surface area contributed by atoms with Crippen molar-refractivity contribution in [3.05, 3.63) is 54.1 Å². The lowest BCUT2D eigenvalue weighted by atomic mass is 10.1. The van der Waals surface area contributed by atoms with Crippen LogP contribution >= 0.6 is 0 Å². The zero-order chi connectivity index (χ0) is 11.8. The second kappa shape index (κ2) is 3.63. The van der Waals surface area contributed by atoms with Gasteiger partial charge in [-0.05, 0) is 19.1 Å². The molecular weight excluding hydrogens is 210 g/mol. The van der Waals surface area contributed by atoms with Crippen molar-refractivity contribution in [2.75, 3.05) is 5.84 Å². The molecule has 1 aromatic heterocycles. The minimum Gasteiger partial charge on any atom is -0.337 e. The number of fused-ring (bicyclic) bond motifs is 1. The summed E-state index contributed by atoms with van der Waals surface area (Å²) in [6.07, 6.45) is 0. The fourth-order valence-electron chi connectivity index (χ4n) is 1.95. The Balaban J connectivity index is 2.24. The highest BCUT2D eigenvalue weighted by atomic mass is 15.3. The first-order chi connectivity index (χ1) is 8.25. The number of para-hydroxylation sites is 2. The van der Waals surface area contributed by atoms with Crippen molar-refractivity contribution in [1.82, 2.24) is 9.66 Å². The monoisotopic (exact) mass is 223 g/mol. The van der Waals surface area contributed by atoms with E-state index in [0.717, 1.165) is 22.4 Å². The molecule has 3 heteroatoms. The van der Waals surface area contributed by atoms with Gasteiger partial charge < -0.3 is 5.84 Å². The molecule has 0 aliphatic carbocycles. The number of benzene rings is 2. The average Bonchev–Trinajstić information content (AvgIpc) is 2.69. The van der Waals surface area contributed by atoms with E-state index in [9.17, 15) is 0 Å². The first-order valence-electron chi connectivity index (χ1n) is 5.55. The molecule has 0 fully saturated rings. The molecule has 0 saturated carbocycles. The van der Waals surface area contributed by atoms with Crippen molar-refractivity contribution in [2.45, 2.75) is 6.92 Å². The summed E-state index contributed by atoms with van der Waals surface area (Å²) >= 11 is 0. The Labute approximate surface area is 99.5 Å². The molecule has 0 atom stereocenters. The Hall–Kier alpha value is -2.29. The molecule has 17 heavy (non-hydrogen) atoms. The van der Waals surface area contributed by atoms with Crippen LogP contribution in [0, 0.1) is 6.92 Å². The molecule has 0 radical (unpaired) electrons. The molecule has 0 unspecified atom stereocenters. The van der Waals surface area contributed by atoms with Crippen LogP contribution in [0.3, 0.4) is 0 Å². The van der Waals surface area contributed by atoms with Crippen molar-refractivity contribution < 1.29 is 0 Å². The van der Waals surface area contributed by atoms with Crippen LogP contribution in [-0.2, 0) is 0 Å². The van der Waals surface area contributed by atoms with Gasteiger partial charge in [-0.25, -0.2) is 9.66 Å². The average molecular weight is 223 g/mol. The van der Waals surface area contributed by atoms with Crippen LogP contribution in [-0.4, -0.2) is 9.66 Å². The van der Waals surface area contributed by atoms with Crippen LogP contribution in [0.1, 0.15) is 5.56 Å². The van der Waals surface area contributed by atoms with E-state index in [2.05, 4.69) is 24.0 Å². The van der Waals surface area contributed by atoms with Crippen LogP contribution in [0.4, 0.5) is 0 Å². The smallest absolute Gasteiger partial charge is 0.159 e. The molecule has 3 rings (SSSR count). The summed E-state index contributed by atoms with van der Waals surface area (Å²) in [6.45, 7) is 2.06. The minimum absolute atomic E-state index is 0.797. The summed E-state index contributed by atoms with van der Waals surface area (Å²) in [5.74, 6) is 6.86. The quantitative estimate of drug-likeness (QED) is 0.645. The molecule has 0 spiro atoms. The SMILES string of the molecule is Cc1ccc(-c2nc3ccccc3n2N)cc1. The maximum atomic E-state index is 6.06. The predicted molar refractivity (Wildman–Crippen MR) is 70.1 cm³/mol. The predicted octanol–water partition coefficient (Wildman–Crippen LogP) is 2.73. The molecule has 1 heterocycles. The van der Waals surface area contributed by atoms with Gasteiger partial charge in [-0.1, -0.05) is 42.0 Å². The molecule has 0 saturated heterocycles. The van der Waals surface area contributed by atoms with E-state index in [1.165, 1.54) is 5.56 Å². The second-order valence-electron chi connectivity index (χ2n) is 4.16. The zero-order valence-electron chi connectivity index (χ0n) is 9.59. The van der Waals surface area contributed by atoms with E-state index >= 15 is 0 Å². The van der Waals surface area contributed by atoms with Crippen molar-refractivity contribution in [3.63, 3.8) is 0 Å². The standard InChI is InChI=1S/C14H13N3/c1-10-6-8-11(9-7-10)14-16-12-4-2-3-5-13(12)17(14)15/h2-9H,15H2,1H3. The van der Waals surface area contributed by atoms with Crippen LogP contribution < -0.4 is 5.84 Å². The highest BCUT2D eigenvalue weighted by Gasteiger charge is 2.09. The number of aryl methyl sites for hydroxylation is 1. The van der Waals surface area contributed by atoms with Crippen LogP contribution in [0.15, 0.2) is 48.5 Å². The summed E-state index contributed by atoms with van der Waals surface area (Å²) in [5, 5.41) is 0. The van der Waals surface area contributed by atoms with Gasteiger partial charge in [-0.15, -0.1) is 0 Å². The Morgan fingerprint density at radius 1 is 1.00 bits per heavy atom. The zero-order valence-corrected chi connectivity index (χ0v) is 9.59. The second-order valence-corrected chi connectivity index (χ2v) is 4.16. The number of nitrogens with zero attached hydrogens (tertiary/aromatic N) is 2. The van der Waals surface area contributed by atoms with E-state index in [-0.39, 0.29) is 0 Å². The highest BCUT2D eigenvalue weighted by Crippen LogP contribution is 2.22. The number of nitrogen functional groups attached to an aromatic ring is 1. The largest absolute Gasteiger partial charge is 0.337 e. The fraction of sp³-hybridized carbons (Fsp3) is 0.0714. The van der Waals surface area contributed by atoms with Gasteiger partial charge in [0.25, 0.3) is 0 Å². The summed E-state index contributed by atoms with van der Waals surface area (Å²) in [5.41, 5.74) is 4.14. The lowest BCUT2D eigenvalue weighted by molar-refractivity contribution is 1.05. The summed E-state index contributed by atoms with van der Waals surface area (Å²) in [4.78, 5) is 4.55. The highest BCUT2D eigenvalue weighted by molar-refractivity contribution is 5.80. The normalized spacial score (nSPS) is 10.9. The Morgan fingerprint density at radius 2 is 1.71 bits per heavy atom.